The van der Waals surface area contributed by atoms with Crippen molar-refractivity contribution in [3.05, 3.63) is 35.4 Å². The van der Waals surface area contributed by atoms with Crippen LogP contribution in [0.5, 0.6) is 0 Å². The predicted octanol–water partition coefficient (Wildman–Crippen LogP) is 2.19. The molecule has 0 bridgehead atoms. The lowest BCUT2D eigenvalue weighted by Crippen LogP contribution is -1.94. The van der Waals surface area contributed by atoms with Crippen molar-refractivity contribution in [2.45, 2.75) is 6.92 Å². The Morgan fingerprint density at radius 2 is 2.13 bits per heavy atom. The van der Waals surface area contributed by atoms with Gasteiger partial charge in [-0.25, -0.2) is 4.79 Å². The standard InChI is InChI=1S/C11H13NO2.ClH/c1-8-7-10(12)5-3-9(8)4-6-11(13)14-2;/h3-7H,12H2,1-2H3;1H. The molecule has 0 fully saturated rings. The molecule has 0 saturated heterocycles. The largest absolute Gasteiger partial charge is 0.466 e. The number of esters is 1. The topological polar surface area (TPSA) is 52.3 Å². The van der Waals surface area contributed by atoms with Crippen LogP contribution < -0.4 is 5.73 Å². The van der Waals surface area contributed by atoms with E-state index in [0.717, 1.165) is 16.8 Å². The van der Waals surface area contributed by atoms with E-state index < -0.39 is 0 Å². The summed E-state index contributed by atoms with van der Waals surface area (Å²) in [5, 5.41) is 0. The van der Waals surface area contributed by atoms with Crippen LogP contribution in [0, 0.1) is 6.92 Å². The number of anilines is 1. The molecule has 1 aromatic carbocycles. The van der Waals surface area contributed by atoms with E-state index in [0.29, 0.717) is 0 Å². The van der Waals surface area contributed by atoms with Crippen molar-refractivity contribution >= 4 is 30.1 Å². The molecule has 0 amide bonds. The molecule has 0 atom stereocenters. The highest BCUT2D eigenvalue weighted by molar-refractivity contribution is 5.87. The van der Waals surface area contributed by atoms with Gasteiger partial charge in [0.25, 0.3) is 0 Å². The molecule has 0 spiro atoms. The molecule has 82 valence electrons. The number of nitrogens with two attached hydrogens (primary N) is 1. The lowest BCUT2D eigenvalue weighted by Gasteiger charge is -2.00. The van der Waals surface area contributed by atoms with Crippen molar-refractivity contribution in [2.24, 2.45) is 0 Å². The number of nitrogen functional groups attached to an aromatic ring is 1. The third-order valence-electron chi connectivity index (χ3n) is 1.89. The molecule has 4 heteroatoms. The summed E-state index contributed by atoms with van der Waals surface area (Å²) in [4.78, 5) is 10.8. The van der Waals surface area contributed by atoms with E-state index in [9.17, 15) is 4.79 Å². The van der Waals surface area contributed by atoms with Gasteiger partial charge in [-0.2, -0.15) is 0 Å². The van der Waals surface area contributed by atoms with Crippen LogP contribution in [-0.4, -0.2) is 13.1 Å². The third-order valence-corrected chi connectivity index (χ3v) is 1.89. The van der Waals surface area contributed by atoms with Crippen LogP contribution in [0.1, 0.15) is 11.1 Å². The maximum Gasteiger partial charge on any atom is 0.330 e. The van der Waals surface area contributed by atoms with E-state index in [1.165, 1.54) is 13.2 Å². The molecule has 1 rings (SSSR count). The zero-order valence-corrected chi connectivity index (χ0v) is 9.51. The van der Waals surface area contributed by atoms with Gasteiger partial charge in [-0.1, -0.05) is 6.07 Å². The lowest BCUT2D eigenvalue weighted by atomic mass is 10.1. The minimum absolute atomic E-state index is 0. The normalized spacial score (nSPS) is 9.73. The second kappa shape index (κ2) is 6.09. The predicted molar refractivity (Wildman–Crippen MR) is 63.9 cm³/mol. The highest BCUT2D eigenvalue weighted by Gasteiger charge is 1.96. The monoisotopic (exact) mass is 227 g/mol. The minimum atomic E-state index is -0.360. The summed E-state index contributed by atoms with van der Waals surface area (Å²) in [5.41, 5.74) is 8.31. The summed E-state index contributed by atoms with van der Waals surface area (Å²) in [7, 11) is 1.35. The number of benzene rings is 1. The average Bonchev–Trinajstić information content (AvgIpc) is 2.16. The fourth-order valence-electron chi connectivity index (χ4n) is 1.11. The van der Waals surface area contributed by atoms with Gasteiger partial charge in [-0.05, 0) is 36.3 Å². The maximum absolute atomic E-state index is 10.8. The highest BCUT2D eigenvalue weighted by Crippen LogP contribution is 2.13. The second-order valence-electron chi connectivity index (χ2n) is 2.97. The van der Waals surface area contributed by atoms with Crippen LogP contribution in [0.4, 0.5) is 5.69 Å². The molecule has 0 aromatic heterocycles. The molecule has 0 heterocycles. The lowest BCUT2D eigenvalue weighted by molar-refractivity contribution is -0.134. The number of rotatable bonds is 2. The van der Waals surface area contributed by atoms with Crippen LogP contribution in [0.15, 0.2) is 24.3 Å². The van der Waals surface area contributed by atoms with Gasteiger partial charge in [0, 0.05) is 11.8 Å². The first kappa shape index (κ1) is 13.5. The Morgan fingerprint density at radius 1 is 1.47 bits per heavy atom. The van der Waals surface area contributed by atoms with Crippen LogP contribution in [0.25, 0.3) is 6.08 Å². The molecular formula is C11H14ClNO2. The van der Waals surface area contributed by atoms with Crippen molar-refractivity contribution in [2.75, 3.05) is 12.8 Å². The molecule has 0 aliphatic rings. The Bertz CT molecular complexity index is 375. The Hall–Kier alpha value is -1.48. The van der Waals surface area contributed by atoms with Crippen molar-refractivity contribution in [1.29, 1.82) is 0 Å². The number of carbonyl (C=O) groups is 1. The number of halogens is 1. The van der Waals surface area contributed by atoms with Gasteiger partial charge >= 0.3 is 5.97 Å². The molecule has 15 heavy (non-hydrogen) atoms. The van der Waals surface area contributed by atoms with Crippen molar-refractivity contribution in [3.63, 3.8) is 0 Å². The molecule has 0 unspecified atom stereocenters. The summed E-state index contributed by atoms with van der Waals surface area (Å²) >= 11 is 0. The van der Waals surface area contributed by atoms with Crippen LogP contribution in [0.2, 0.25) is 0 Å². The molecular weight excluding hydrogens is 214 g/mol. The summed E-state index contributed by atoms with van der Waals surface area (Å²) in [6.07, 6.45) is 3.10. The highest BCUT2D eigenvalue weighted by atomic mass is 35.5. The minimum Gasteiger partial charge on any atom is -0.466 e. The van der Waals surface area contributed by atoms with Crippen LogP contribution in [0.3, 0.4) is 0 Å². The van der Waals surface area contributed by atoms with E-state index in [2.05, 4.69) is 4.74 Å². The Balaban J connectivity index is 0.00000196. The van der Waals surface area contributed by atoms with Crippen molar-refractivity contribution < 1.29 is 9.53 Å². The van der Waals surface area contributed by atoms with Gasteiger partial charge in [-0.3, -0.25) is 0 Å². The number of ether oxygens (including phenoxy) is 1. The average molecular weight is 228 g/mol. The molecule has 0 saturated carbocycles. The summed E-state index contributed by atoms with van der Waals surface area (Å²) in [5.74, 6) is -0.360. The zero-order chi connectivity index (χ0) is 10.6. The first-order chi connectivity index (χ1) is 6.63. The van der Waals surface area contributed by atoms with Gasteiger partial charge in [0.05, 0.1) is 7.11 Å². The Morgan fingerprint density at radius 3 is 2.67 bits per heavy atom. The number of aryl methyl sites for hydroxylation is 1. The first-order valence-electron chi connectivity index (χ1n) is 4.25. The fourth-order valence-corrected chi connectivity index (χ4v) is 1.11. The van der Waals surface area contributed by atoms with Crippen molar-refractivity contribution in [3.8, 4) is 0 Å². The molecule has 2 N–H and O–H groups in total. The van der Waals surface area contributed by atoms with Crippen molar-refractivity contribution in [1.82, 2.24) is 0 Å². The first-order valence-corrected chi connectivity index (χ1v) is 4.25. The summed E-state index contributed by atoms with van der Waals surface area (Å²) in [6.45, 7) is 1.94. The van der Waals surface area contributed by atoms with Gasteiger partial charge in [0.1, 0.15) is 0 Å². The van der Waals surface area contributed by atoms with E-state index in [4.69, 9.17) is 5.73 Å². The Kier molecular flexibility index (Phi) is 5.49. The van der Waals surface area contributed by atoms with E-state index >= 15 is 0 Å². The SMILES string of the molecule is COC(=O)C=Cc1ccc(N)cc1C.Cl. The smallest absolute Gasteiger partial charge is 0.330 e. The number of hydrogen-bond acceptors (Lipinski definition) is 3. The molecule has 0 radical (unpaired) electrons. The molecule has 1 aromatic rings. The second-order valence-corrected chi connectivity index (χ2v) is 2.97. The fraction of sp³-hybridized carbons (Fsp3) is 0.182. The number of hydrogen-bond donors (Lipinski definition) is 1. The van der Waals surface area contributed by atoms with Crippen LogP contribution >= 0.6 is 12.4 Å². The van der Waals surface area contributed by atoms with Crippen LogP contribution in [-0.2, 0) is 9.53 Å². The van der Waals surface area contributed by atoms with Gasteiger partial charge in [-0.15, -0.1) is 12.4 Å². The summed E-state index contributed by atoms with van der Waals surface area (Å²) in [6, 6.07) is 5.52. The zero-order valence-electron chi connectivity index (χ0n) is 8.69. The number of carbonyl (C=O) groups excluding carboxylic acids is 1. The van der Waals surface area contributed by atoms with Gasteiger partial charge < -0.3 is 10.5 Å². The molecule has 3 nitrogen and oxygen atoms in total. The quantitative estimate of drug-likeness (QED) is 0.479. The summed E-state index contributed by atoms with van der Waals surface area (Å²) < 4.78 is 4.49. The van der Waals surface area contributed by atoms with E-state index in [1.807, 2.05) is 19.1 Å². The molecule has 0 aliphatic heterocycles. The van der Waals surface area contributed by atoms with Gasteiger partial charge in [0.15, 0.2) is 0 Å². The number of methoxy groups -OCH3 is 1. The Labute approximate surface area is 95.3 Å². The van der Waals surface area contributed by atoms with Gasteiger partial charge in [0.2, 0.25) is 0 Å². The molecule has 0 aliphatic carbocycles. The van der Waals surface area contributed by atoms with E-state index in [1.54, 1.807) is 12.1 Å². The maximum atomic E-state index is 10.8. The van der Waals surface area contributed by atoms with E-state index in [-0.39, 0.29) is 18.4 Å². The third kappa shape index (κ3) is 4.04.